The van der Waals surface area contributed by atoms with E-state index in [0.717, 1.165) is 12.1 Å². The quantitative estimate of drug-likeness (QED) is 0.933. The van der Waals surface area contributed by atoms with E-state index in [9.17, 15) is 18.0 Å². The summed E-state index contributed by atoms with van der Waals surface area (Å²) < 4.78 is 44.3. The van der Waals surface area contributed by atoms with Gasteiger partial charge < -0.3 is 14.6 Å². The van der Waals surface area contributed by atoms with Crippen molar-refractivity contribution in [2.45, 2.75) is 6.36 Å². The van der Waals surface area contributed by atoms with Crippen LogP contribution in [0.3, 0.4) is 0 Å². The van der Waals surface area contributed by atoms with Crippen LogP contribution < -0.4 is 10.1 Å². The van der Waals surface area contributed by atoms with Crippen LogP contribution >= 0.6 is 0 Å². The fourth-order valence-corrected chi connectivity index (χ4v) is 1.30. The molecule has 2 aromatic rings. The van der Waals surface area contributed by atoms with Crippen LogP contribution in [0.5, 0.6) is 5.75 Å². The van der Waals surface area contributed by atoms with Crippen LogP contribution in [0.1, 0.15) is 10.5 Å². The van der Waals surface area contributed by atoms with Gasteiger partial charge in [-0.05, 0) is 12.1 Å². The number of hydrogen-bond donors (Lipinski definition) is 1. The predicted octanol–water partition coefficient (Wildman–Crippen LogP) is 2.83. The molecule has 0 aliphatic rings. The molecule has 0 spiro atoms. The molecule has 0 saturated carbocycles. The van der Waals surface area contributed by atoms with E-state index in [1.165, 1.54) is 24.5 Å². The fourth-order valence-electron chi connectivity index (χ4n) is 1.30. The van der Waals surface area contributed by atoms with Gasteiger partial charge >= 0.3 is 6.36 Å². The number of amides is 1. The van der Waals surface area contributed by atoms with Gasteiger partial charge in [0.15, 0.2) is 5.69 Å². The summed E-state index contributed by atoms with van der Waals surface area (Å²) in [5, 5.41) is 5.76. The maximum absolute atomic E-state index is 12.0. The van der Waals surface area contributed by atoms with Crippen molar-refractivity contribution >= 4 is 11.6 Å². The number of halogens is 3. The Morgan fingerprint density at radius 2 is 2.11 bits per heavy atom. The number of alkyl halides is 3. The number of hydrogen-bond acceptors (Lipinski definition) is 4. The zero-order valence-electron chi connectivity index (χ0n) is 9.27. The normalized spacial score (nSPS) is 11.1. The first-order valence-electron chi connectivity index (χ1n) is 5.01. The molecule has 1 heterocycles. The SMILES string of the molecule is O=C(Nc1cccc(OC(F)(F)F)c1)c1ccon1. The lowest BCUT2D eigenvalue weighted by molar-refractivity contribution is -0.274. The minimum absolute atomic E-state index is 0.0159. The molecule has 1 N–H and O–H groups in total. The summed E-state index contributed by atoms with van der Waals surface area (Å²) in [6.45, 7) is 0. The van der Waals surface area contributed by atoms with Gasteiger partial charge in [0.25, 0.3) is 5.91 Å². The van der Waals surface area contributed by atoms with Crippen LogP contribution in [0.4, 0.5) is 18.9 Å². The Kier molecular flexibility index (Phi) is 3.41. The molecular formula is C11H7F3N2O3. The lowest BCUT2D eigenvalue weighted by Crippen LogP contribution is -2.17. The summed E-state index contributed by atoms with van der Waals surface area (Å²) in [5.74, 6) is -1.02. The number of carbonyl (C=O) groups is 1. The van der Waals surface area contributed by atoms with Crippen molar-refractivity contribution in [3.63, 3.8) is 0 Å². The zero-order valence-corrected chi connectivity index (χ0v) is 9.27. The molecule has 5 nitrogen and oxygen atoms in total. The van der Waals surface area contributed by atoms with Crippen molar-refractivity contribution in [2.75, 3.05) is 5.32 Å². The molecule has 100 valence electrons. The monoisotopic (exact) mass is 272 g/mol. The largest absolute Gasteiger partial charge is 0.573 e. The molecule has 19 heavy (non-hydrogen) atoms. The molecule has 8 heteroatoms. The van der Waals surface area contributed by atoms with E-state index in [0.29, 0.717) is 0 Å². The lowest BCUT2D eigenvalue weighted by atomic mass is 10.3. The Morgan fingerprint density at radius 1 is 1.32 bits per heavy atom. The zero-order chi connectivity index (χ0) is 13.9. The van der Waals surface area contributed by atoms with E-state index >= 15 is 0 Å². The average molecular weight is 272 g/mol. The molecule has 0 radical (unpaired) electrons. The van der Waals surface area contributed by atoms with Gasteiger partial charge in [0.1, 0.15) is 12.0 Å². The number of rotatable bonds is 3. The Morgan fingerprint density at radius 3 is 2.74 bits per heavy atom. The molecule has 2 rings (SSSR count). The summed E-state index contributed by atoms with van der Waals surface area (Å²) >= 11 is 0. The lowest BCUT2D eigenvalue weighted by Gasteiger charge is -2.10. The standard InChI is InChI=1S/C11H7F3N2O3/c12-11(13,14)19-8-3-1-2-7(6-8)15-10(17)9-4-5-18-16-9/h1-6H,(H,15,17). The van der Waals surface area contributed by atoms with Crippen molar-refractivity contribution in [2.24, 2.45) is 0 Å². The highest BCUT2D eigenvalue weighted by molar-refractivity contribution is 6.02. The second kappa shape index (κ2) is 5.01. The number of ether oxygens (including phenoxy) is 1. The predicted molar refractivity (Wildman–Crippen MR) is 57.6 cm³/mol. The van der Waals surface area contributed by atoms with E-state index in [4.69, 9.17) is 0 Å². The van der Waals surface area contributed by atoms with Crippen LogP contribution in [0.15, 0.2) is 41.1 Å². The van der Waals surface area contributed by atoms with Crippen LogP contribution in [-0.2, 0) is 0 Å². The highest BCUT2D eigenvalue weighted by atomic mass is 19.4. The van der Waals surface area contributed by atoms with E-state index in [1.807, 2.05) is 0 Å². The third-order valence-corrected chi connectivity index (χ3v) is 2.00. The minimum atomic E-state index is -4.78. The van der Waals surface area contributed by atoms with Crippen LogP contribution in [0.25, 0.3) is 0 Å². The molecule has 1 aromatic carbocycles. The van der Waals surface area contributed by atoms with Gasteiger partial charge in [-0.25, -0.2) is 0 Å². The first-order valence-corrected chi connectivity index (χ1v) is 5.01. The minimum Gasteiger partial charge on any atom is -0.406 e. The molecule has 0 atom stereocenters. The third kappa shape index (κ3) is 3.73. The second-order valence-corrected chi connectivity index (χ2v) is 3.41. The van der Waals surface area contributed by atoms with E-state index in [1.54, 1.807) is 0 Å². The van der Waals surface area contributed by atoms with Gasteiger partial charge in [-0.15, -0.1) is 13.2 Å². The summed E-state index contributed by atoms with van der Waals surface area (Å²) in [6, 6.07) is 6.23. The smallest absolute Gasteiger partial charge is 0.406 e. The van der Waals surface area contributed by atoms with Gasteiger partial charge in [-0.3, -0.25) is 4.79 Å². The van der Waals surface area contributed by atoms with Gasteiger partial charge in [-0.2, -0.15) is 0 Å². The number of nitrogens with zero attached hydrogens (tertiary/aromatic N) is 1. The maximum Gasteiger partial charge on any atom is 0.573 e. The molecule has 0 fully saturated rings. The third-order valence-electron chi connectivity index (χ3n) is 2.00. The Bertz CT molecular complexity index is 567. The number of anilines is 1. The Labute approximate surface area is 105 Å². The van der Waals surface area contributed by atoms with Gasteiger partial charge in [-0.1, -0.05) is 11.2 Å². The van der Waals surface area contributed by atoms with Crippen molar-refractivity contribution < 1.29 is 27.2 Å². The summed E-state index contributed by atoms with van der Waals surface area (Å²) in [4.78, 5) is 11.6. The van der Waals surface area contributed by atoms with Crippen LogP contribution in [0.2, 0.25) is 0 Å². The van der Waals surface area contributed by atoms with Gasteiger partial charge in [0, 0.05) is 17.8 Å². The molecule has 1 amide bonds. The van der Waals surface area contributed by atoms with E-state index in [-0.39, 0.29) is 11.4 Å². The molecule has 0 aliphatic carbocycles. The number of carbonyl (C=O) groups excluding carboxylic acids is 1. The molecule has 0 saturated heterocycles. The van der Waals surface area contributed by atoms with Crippen molar-refractivity contribution in [3.05, 3.63) is 42.3 Å². The molecule has 0 aliphatic heterocycles. The first kappa shape index (κ1) is 12.9. The Hall–Kier alpha value is -2.51. The number of aromatic nitrogens is 1. The average Bonchev–Trinajstić information content (AvgIpc) is 2.80. The Balaban J connectivity index is 2.09. The molecule has 1 aromatic heterocycles. The van der Waals surface area contributed by atoms with Crippen LogP contribution in [0, 0.1) is 0 Å². The topological polar surface area (TPSA) is 64.4 Å². The first-order chi connectivity index (χ1) is 8.94. The van der Waals surface area contributed by atoms with E-state index < -0.39 is 18.0 Å². The number of nitrogens with one attached hydrogen (secondary N) is 1. The highest BCUT2D eigenvalue weighted by Crippen LogP contribution is 2.25. The van der Waals surface area contributed by atoms with Gasteiger partial charge in [0.2, 0.25) is 0 Å². The van der Waals surface area contributed by atoms with Crippen LogP contribution in [-0.4, -0.2) is 17.4 Å². The summed E-state index contributed by atoms with van der Waals surface area (Å²) in [5.41, 5.74) is 0.164. The molecular weight excluding hydrogens is 265 g/mol. The second-order valence-electron chi connectivity index (χ2n) is 3.41. The van der Waals surface area contributed by atoms with Gasteiger partial charge in [0.05, 0.1) is 0 Å². The van der Waals surface area contributed by atoms with E-state index in [2.05, 4.69) is 19.7 Å². The summed E-state index contributed by atoms with van der Waals surface area (Å²) in [6.07, 6.45) is -3.58. The maximum atomic E-state index is 12.0. The van der Waals surface area contributed by atoms with Crippen molar-refractivity contribution in [1.82, 2.24) is 5.16 Å². The van der Waals surface area contributed by atoms with Crippen molar-refractivity contribution in [1.29, 1.82) is 0 Å². The highest BCUT2D eigenvalue weighted by Gasteiger charge is 2.31. The summed E-state index contributed by atoms with van der Waals surface area (Å²) in [7, 11) is 0. The number of benzene rings is 1. The van der Waals surface area contributed by atoms with Crippen molar-refractivity contribution in [3.8, 4) is 5.75 Å². The molecule has 0 bridgehead atoms. The molecule has 0 unspecified atom stereocenters. The fraction of sp³-hybridized carbons (Fsp3) is 0.0909.